The standard InChI is InChI=1S/C25H33NO/c1-18(2)14-16-25(5,6)17-15-19(3)24(27)26-20(4)22-13-9-11-21-10-7-8-12-23(21)22/h7-14,16,19-20H,1,15,17H2,2-6H3,(H,26,27)/b16-14+/t19-,20+/m1/s1. The van der Waals surface area contributed by atoms with E-state index in [1.165, 1.54) is 16.3 Å². The van der Waals surface area contributed by atoms with E-state index < -0.39 is 0 Å². The quantitative estimate of drug-likeness (QED) is 0.526. The summed E-state index contributed by atoms with van der Waals surface area (Å²) in [5, 5.41) is 5.61. The van der Waals surface area contributed by atoms with Crippen LogP contribution in [0.25, 0.3) is 10.8 Å². The molecule has 0 saturated heterocycles. The van der Waals surface area contributed by atoms with Gasteiger partial charge >= 0.3 is 0 Å². The van der Waals surface area contributed by atoms with Crippen LogP contribution in [0.15, 0.2) is 66.8 Å². The summed E-state index contributed by atoms with van der Waals surface area (Å²) < 4.78 is 0. The van der Waals surface area contributed by atoms with Gasteiger partial charge in [0.2, 0.25) is 5.91 Å². The number of rotatable bonds is 8. The summed E-state index contributed by atoms with van der Waals surface area (Å²) in [4.78, 5) is 12.7. The van der Waals surface area contributed by atoms with E-state index in [-0.39, 0.29) is 23.3 Å². The van der Waals surface area contributed by atoms with Gasteiger partial charge in [-0.2, -0.15) is 0 Å². The Morgan fingerprint density at radius 3 is 2.52 bits per heavy atom. The van der Waals surface area contributed by atoms with Crippen molar-refractivity contribution in [3.05, 3.63) is 72.3 Å². The number of carbonyl (C=O) groups excluding carboxylic acids is 1. The maximum Gasteiger partial charge on any atom is 0.223 e. The van der Waals surface area contributed by atoms with E-state index in [4.69, 9.17) is 0 Å². The first kappa shape index (κ1) is 21.0. The second-order valence-electron chi connectivity index (χ2n) is 8.41. The summed E-state index contributed by atoms with van der Waals surface area (Å²) >= 11 is 0. The fourth-order valence-electron chi connectivity index (χ4n) is 3.23. The highest BCUT2D eigenvalue weighted by Crippen LogP contribution is 2.28. The Morgan fingerprint density at radius 2 is 1.81 bits per heavy atom. The highest BCUT2D eigenvalue weighted by Gasteiger charge is 2.21. The van der Waals surface area contributed by atoms with Crippen molar-refractivity contribution in [2.24, 2.45) is 11.3 Å². The predicted octanol–water partition coefficient (Wildman–Crippen LogP) is 6.59. The third kappa shape index (κ3) is 6.09. The normalized spacial score (nSPS) is 14.3. The van der Waals surface area contributed by atoms with Gasteiger partial charge in [0, 0.05) is 5.92 Å². The van der Waals surface area contributed by atoms with Crippen LogP contribution >= 0.6 is 0 Å². The molecule has 0 aliphatic carbocycles. The van der Waals surface area contributed by atoms with Crippen molar-refractivity contribution in [1.82, 2.24) is 5.32 Å². The minimum absolute atomic E-state index is 0.0117. The number of amides is 1. The zero-order valence-corrected chi connectivity index (χ0v) is 17.4. The zero-order valence-electron chi connectivity index (χ0n) is 17.4. The summed E-state index contributed by atoms with van der Waals surface area (Å²) in [5.41, 5.74) is 2.28. The van der Waals surface area contributed by atoms with Crippen LogP contribution in [-0.4, -0.2) is 5.91 Å². The minimum Gasteiger partial charge on any atom is -0.349 e. The van der Waals surface area contributed by atoms with Crippen LogP contribution in [-0.2, 0) is 4.79 Å². The first-order valence-electron chi connectivity index (χ1n) is 9.82. The maximum atomic E-state index is 12.7. The van der Waals surface area contributed by atoms with Gasteiger partial charge in [0.05, 0.1) is 6.04 Å². The molecule has 0 radical (unpaired) electrons. The molecular formula is C25H33NO. The minimum atomic E-state index is -0.0140. The molecule has 0 aliphatic heterocycles. The number of allylic oxidation sites excluding steroid dienone is 3. The topological polar surface area (TPSA) is 29.1 Å². The lowest BCUT2D eigenvalue weighted by Gasteiger charge is -2.24. The van der Waals surface area contributed by atoms with Crippen molar-refractivity contribution in [2.45, 2.75) is 53.5 Å². The van der Waals surface area contributed by atoms with Crippen molar-refractivity contribution in [1.29, 1.82) is 0 Å². The van der Waals surface area contributed by atoms with Crippen LogP contribution in [0.2, 0.25) is 0 Å². The number of nitrogens with one attached hydrogen (secondary N) is 1. The Morgan fingerprint density at radius 1 is 1.15 bits per heavy atom. The fraction of sp³-hybridized carbons (Fsp3) is 0.400. The predicted molar refractivity (Wildman–Crippen MR) is 117 cm³/mol. The van der Waals surface area contributed by atoms with Gasteiger partial charge in [0.1, 0.15) is 0 Å². The van der Waals surface area contributed by atoms with Crippen LogP contribution in [0.1, 0.15) is 59.1 Å². The SMILES string of the molecule is C=C(C)/C=C/C(C)(C)CC[C@@H](C)C(=O)N[C@@H](C)c1cccc2ccccc12. The molecule has 2 nitrogen and oxygen atoms in total. The second-order valence-corrected chi connectivity index (χ2v) is 8.41. The Bertz CT molecular complexity index is 826. The molecule has 2 atom stereocenters. The molecule has 144 valence electrons. The molecule has 0 unspecified atom stereocenters. The van der Waals surface area contributed by atoms with Crippen molar-refractivity contribution in [2.75, 3.05) is 0 Å². The summed E-state index contributed by atoms with van der Waals surface area (Å²) in [6.45, 7) is 14.4. The second kappa shape index (κ2) is 9.03. The van der Waals surface area contributed by atoms with Gasteiger partial charge in [-0.3, -0.25) is 4.79 Å². The van der Waals surface area contributed by atoms with Gasteiger partial charge in [-0.15, -0.1) is 0 Å². The summed E-state index contributed by atoms with van der Waals surface area (Å²) in [6.07, 6.45) is 6.08. The summed E-state index contributed by atoms with van der Waals surface area (Å²) in [6, 6.07) is 14.6. The fourth-order valence-corrected chi connectivity index (χ4v) is 3.23. The molecular weight excluding hydrogens is 330 g/mol. The summed E-state index contributed by atoms with van der Waals surface area (Å²) in [5.74, 6) is 0.107. The van der Waals surface area contributed by atoms with E-state index in [1.54, 1.807) is 0 Å². The Kier molecular flexibility index (Phi) is 7.01. The molecule has 0 fully saturated rings. The number of fused-ring (bicyclic) bond motifs is 1. The molecule has 1 N–H and O–H groups in total. The first-order valence-corrected chi connectivity index (χ1v) is 9.82. The molecule has 0 aromatic heterocycles. The number of hydrogen-bond donors (Lipinski definition) is 1. The largest absolute Gasteiger partial charge is 0.349 e. The van der Waals surface area contributed by atoms with Crippen LogP contribution in [0.5, 0.6) is 0 Å². The van der Waals surface area contributed by atoms with E-state index in [0.29, 0.717) is 0 Å². The molecule has 2 heteroatoms. The molecule has 0 heterocycles. The van der Waals surface area contributed by atoms with E-state index in [0.717, 1.165) is 18.4 Å². The molecule has 0 spiro atoms. The average molecular weight is 364 g/mol. The van der Waals surface area contributed by atoms with Crippen LogP contribution in [0.3, 0.4) is 0 Å². The number of benzene rings is 2. The van der Waals surface area contributed by atoms with Crippen LogP contribution in [0.4, 0.5) is 0 Å². The Balaban J connectivity index is 1.98. The third-order valence-corrected chi connectivity index (χ3v) is 5.14. The Labute approximate surface area is 164 Å². The zero-order chi connectivity index (χ0) is 20.0. The lowest BCUT2D eigenvalue weighted by molar-refractivity contribution is -0.125. The highest BCUT2D eigenvalue weighted by molar-refractivity contribution is 5.87. The van der Waals surface area contributed by atoms with Gasteiger partial charge in [0.15, 0.2) is 0 Å². The molecule has 0 bridgehead atoms. The molecule has 27 heavy (non-hydrogen) atoms. The lowest BCUT2D eigenvalue weighted by atomic mass is 9.84. The van der Waals surface area contributed by atoms with Gasteiger partial charge < -0.3 is 5.32 Å². The number of carbonyl (C=O) groups is 1. The molecule has 2 aromatic rings. The van der Waals surface area contributed by atoms with Crippen molar-refractivity contribution in [3.63, 3.8) is 0 Å². The molecule has 2 aromatic carbocycles. The van der Waals surface area contributed by atoms with Crippen LogP contribution in [0, 0.1) is 11.3 Å². The van der Waals surface area contributed by atoms with Gasteiger partial charge in [-0.25, -0.2) is 0 Å². The summed E-state index contributed by atoms with van der Waals surface area (Å²) in [7, 11) is 0. The van der Waals surface area contributed by atoms with E-state index in [2.05, 4.69) is 75.2 Å². The Hall–Kier alpha value is -2.35. The van der Waals surface area contributed by atoms with Crippen molar-refractivity contribution < 1.29 is 4.79 Å². The lowest BCUT2D eigenvalue weighted by Crippen LogP contribution is -2.32. The molecule has 0 saturated carbocycles. The monoisotopic (exact) mass is 363 g/mol. The van der Waals surface area contributed by atoms with Gasteiger partial charge in [-0.1, -0.05) is 87.5 Å². The molecule has 1 amide bonds. The third-order valence-electron chi connectivity index (χ3n) is 5.14. The first-order chi connectivity index (χ1) is 12.7. The van der Waals surface area contributed by atoms with Crippen molar-refractivity contribution >= 4 is 16.7 Å². The van der Waals surface area contributed by atoms with E-state index >= 15 is 0 Å². The van der Waals surface area contributed by atoms with Gasteiger partial charge in [0.25, 0.3) is 0 Å². The molecule has 2 rings (SSSR count). The van der Waals surface area contributed by atoms with E-state index in [9.17, 15) is 4.79 Å². The van der Waals surface area contributed by atoms with Crippen molar-refractivity contribution in [3.8, 4) is 0 Å². The van der Waals surface area contributed by atoms with E-state index in [1.807, 2.05) is 26.0 Å². The number of hydrogen-bond acceptors (Lipinski definition) is 1. The average Bonchev–Trinajstić information content (AvgIpc) is 2.64. The smallest absolute Gasteiger partial charge is 0.223 e. The van der Waals surface area contributed by atoms with Gasteiger partial charge in [-0.05, 0) is 48.4 Å². The van der Waals surface area contributed by atoms with Crippen LogP contribution < -0.4 is 5.32 Å². The maximum absolute atomic E-state index is 12.7. The molecule has 0 aliphatic rings. The highest BCUT2D eigenvalue weighted by atomic mass is 16.1.